The lowest BCUT2D eigenvalue weighted by atomic mass is 9.75. The van der Waals surface area contributed by atoms with Crippen LogP contribution in [0.5, 0.6) is 11.5 Å². The summed E-state index contributed by atoms with van der Waals surface area (Å²) < 4.78 is 10.7. The molecule has 1 atom stereocenters. The van der Waals surface area contributed by atoms with Gasteiger partial charge in [-0.1, -0.05) is 13.0 Å². The van der Waals surface area contributed by atoms with Crippen LogP contribution in [0.2, 0.25) is 0 Å². The zero-order chi connectivity index (χ0) is 21.0. The highest BCUT2D eigenvalue weighted by Gasteiger charge is 2.39. The van der Waals surface area contributed by atoms with Gasteiger partial charge in [0.05, 0.1) is 12.7 Å². The standard InChI is InChI=1S/C22H27NO5S/c1-4-29-11-10-28-22(26)19-13(2)23-15-6-5-7-16(24)21(15)20(19)14-8-9-18(27-3)17(25)12-14/h8-9,12,20,23,25H,4-7,10-11H2,1-3H3/t20-/m0/s1. The first-order valence-corrected chi connectivity index (χ1v) is 11.0. The number of hydrogen-bond donors (Lipinski definition) is 2. The molecule has 0 aromatic heterocycles. The van der Waals surface area contributed by atoms with Crippen LogP contribution in [0.1, 0.15) is 44.6 Å². The van der Waals surface area contributed by atoms with Crippen LogP contribution in [0.15, 0.2) is 40.7 Å². The van der Waals surface area contributed by atoms with Crippen molar-refractivity contribution in [2.75, 3.05) is 25.2 Å². The fraction of sp³-hybridized carbons (Fsp3) is 0.455. The summed E-state index contributed by atoms with van der Waals surface area (Å²) in [5.41, 5.74) is 3.23. The summed E-state index contributed by atoms with van der Waals surface area (Å²) in [5, 5.41) is 13.6. The number of thioether (sulfide) groups is 1. The van der Waals surface area contributed by atoms with Crippen LogP contribution in [0.4, 0.5) is 0 Å². The average molecular weight is 418 g/mol. The fourth-order valence-corrected chi connectivity index (χ4v) is 4.38. The number of ketones is 1. The van der Waals surface area contributed by atoms with Gasteiger partial charge in [0, 0.05) is 35.1 Å². The number of esters is 1. The molecular weight excluding hydrogens is 390 g/mol. The third-order valence-electron chi connectivity index (χ3n) is 5.20. The maximum absolute atomic E-state index is 13.0. The Morgan fingerprint density at radius 3 is 2.83 bits per heavy atom. The van der Waals surface area contributed by atoms with Gasteiger partial charge < -0.3 is 19.9 Å². The summed E-state index contributed by atoms with van der Waals surface area (Å²) in [5.74, 6) is 1.02. The Kier molecular flexibility index (Phi) is 6.90. The number of allylic oxidation sites excluding steroid dienone is 3. The molecule has 7 heteroatoms. The van der Waals surface area contributed by atoms with E-state index in [4.69, 9.17) is 9.47 Å². The molecule has 2 N–H and O–H groups in total. The van der Waals surface area contributed by atoms with E-state index in [-0.39, 0.29) is 11.5 Å². The van der Waals surface area contributed by atoms with Crippen LogP contribution >= 0.6 is 11.8 Å². The average Bonchev–Trinajstić information content (AvgIpc) is 2.70. The van der Waals surface area contributed by atoms with Gasteiger partial charge in [-0.3, -0.25) is 4.79 Å². The van der Waals surface area contributed by atoms with E-state index in [1.165, 1.54) is 7.11 Å². The van der Waals surface area contributed by atoms with Crippen molar-refractivity contribution in [2.24, 2.45) is 0 Å². The molecular formula is C22H27NO5S. The molecule has 29 heavy (non-hydrogen) atoms. The summed E-state index contributed by atoms with van der Waals surface area (Å²) in [6.45, 7) is 4.20. The molecule has 0 amide bonds. The highest BCUT2D eigenvalue weighted by Crippen LogP contribution is 2.44. The van der Waals surface area contributed by atoms with Crippen molar-refractivity contribution in [1.29, 1.82) is 0 Å². The van der Waals surface area contributed by atoms with Gasteiger partial charge in [0.25, 0.3) is 0 Å². The summed E-state index contributed by atoms with van der Waals surface area (Å²) in [6, 6.07) is 5.00. The Morgan fingerprint density at radius 2 is 2.14 bits per heavy atom. The second-order valence-electron chi connectivity index (χ2n) is 7.03. The first-order valence-electron chi connectivity index (χ1n) is 9.83. The number of rotatable bonds is 7. The zero-order valence-corrected chi connectivity index (χ0v) is 17.9. The number of carbonyl (C=O) groups excluding carboxylic acids is 2. The van der Waals surface area contributed by atoms with Crippen molar-refractivity contribution in [3.05, 3.63) is 46.3 Å². The van der Waals surface area contributed by atoms with E-state index in [0.717, 1.165) is 30.0 Å². The minimum Gasteiger partial charge on any atom is -0.504 e. The third kappa shape index (κ3) is 4.45. The molecule has 0 saturated carbocycles. The molecule has 1 heterocycles. The molecule has 6 nitrogen and oxygen atoms in total. The molecule has 3 rings (SSSR count). The van der Waals surface area contributed by atoms with Gasteiger partial charge in [-0.25, -0.2) is 4.79 Å². The number of benzene rings is 1. The smallest absolute Gasteiger partial charge is 0.336 e. The predicted octanol–water partition coefficient (Wildman–Crippen LogP) is 3.67. The van der Waals surface area contributed by atoms with Gasteiger partial charge in [-0.05, 0) is 43.2 Å². The van der Waals surface area contributed by atoms with E-state index in [9.17, 15) is 14.7 Å². The zero-order valence-electron chi connectivity index (χ0n) is 17.0. The first-order chi connectivity index (χ1) is 14.0. The van der Waals surface area contributed by atoms with Crippen LogP contribution < -0.4 is 10.1 Å². The van der Waals surface area contributed by atoms with Crippen molar-refractivity contribution in [3.63, 3.8) is 0 Å². The molecule has 0 radical (unpaired) electrons. The van der Waals surface area contributed by atoms with Crippen LogP contribution in [0, 0.1) is 0 Å². The SMILES string of the molecule is CCSCCOC(=O)C1=C(C)NC2=C(C(=O)CCC2)[C@H]1c1ccc(OC)c(O)c1. The van der Waals surface area contributed by atoms with E-state index >= 15 is 0 Å². The molecule has 0 unspecified atom stereocenters. The number of carbonyl (C=O) groups is 2. The van der Waals surface area contributed by atoms with Crippen LogP contribution in [0.25, 0.3) is 0 Å². The molecule has 2 aliphatic rings. The number of ether oxygens (including phenoxy) is 2. The number of hydrogen-bond acceptors (Lipinski definition) is 7. The second kappa shape index (κ2) is 9.39. The van der Waals surface area contributed by atoms with E-state index in [2.05, 4.69) is 12.2 Å². The highest BCUT2D eigenvalue weighted by molar-refractivity contribution is 7.99. The Bertz CT molecular complexity index is 874. The number of Topliss-reactive ketones (excluding diaryl/α,β-unsaturated/α-hetero) is 1. The highest BCUT2D eigenvalue weighted by atomic mass is 32.2. The summed E-state index contributed by atoms with van der Waals surface area (Å²) in [7, 11) is 1.48. The first kappa shape index (κ1) is 21.3. The number of phenolic OH excluding ortho intramolecular Hbond substituents is 1. The predicted molar refractivity (Wildman–Crippen MR) is 113 cm³/mol. The van der Waals surface area contributed by atoms with Crippen molar-refractivity contribution >= 4 is 23.5 Å². The van der Waals surface area contributed by atoms with E-state index < -0.39 is 11.9 Å². The van der Waals surface area contributed by atoms with Gasteiger partial charge in [-0.2, -0.15) is 11.8 Å². The van der Waals surface area contributed by atoms with E-state index in [1.54, 1.807) is 30.0 Å². The molecule has 1 aliphatic heterocycles. The summed E-state index contributed by atoms with van der Waals surface area (Å²) in [6.07, 6.45) is 1.99. The van der Waals surface area contributed by atoms with Crippen molar-refractivity contribution in [2.45, 2.75) is 39.0 Å². The van der Waals surface area contributed by atoms with Crippen molar-refractivity contribution in [3.8, 4) is 11.5 Å². The normalized spacial score (nSPS) is 19.0. The van der Waals surface area contributed by atoms with Crippen LogP contribution in [-0.4, -0.2) is 42.1 Å². The maximum atomic E-state index is 13.0. The van der Waals surface area contributed by atoms with E-state index in [0.29, 0.717) is 41.2 Å². The van der Waals surface area contributed by atoms with Crippen LogP contribution in [-0.2, 0) is 14.3 Å². The summed E-state index contributed by atoms with van der Waals surface area (Å²) in [4.78, 5) is 25.8. The lowest BCUT2D eigenvalue weighted by Crippen LogP contribution is -2.34. The third-order valence-corrected chi connectivity index (χ3v) is 6.06. The minimum absolute atomic E-state index is 0.0263. The quantitative estimate of drug-likeness (QED) is 0.517. The van der Waals surface area contributed by atoms with Gasteiger partial charge in [0.15, 0.2) is 17.3 Å². The largest absolute Gasteiger partial charge is 0.504 e. The van der Waals surface area contributed by atoms with Gasteiger partial charge in [-0.15, -0.1) is 0 Å². The fourth-order valence-electron chi connectivity index (χ4n) is 3.89. The lowest BCUT2D eigenvalue weighted by molar-refractivity contribution is -0.138. The number of nitrogens with one attached hydrogen (secondary N) is 1. The Hall–Kier alpha value is -2.41. The van der Waals surface area contributed by atoms with Gasteiger partial charge >= 0.3 is 5.97 Å². The van der Waals surface area contributed by atoms with E-state index in [1.807, 2.05) is 6.92 Å². The molecule has 156 valence electrons. The molecule has 1 aromatic rings. The molecule has 1 aromatic carbocycles. The molecule has 0 fully saturated rings. The number of dihydropyridines is 1. The number of phenols is 1. The number of aromatic hydroxyl groups is 1. The van der Waals surface area contributed by atoms with Gasteiger partial charge in [0.2, 0.25) is 0 Å². The topological polar surface area (TPSA) is 84.9 Å². The Morgan fingerprint density at radius 1 is 1.34 bits per heavy atom. The number of methoxy groups -OCH3 is 1. The molecule has 0 spiro atoms. The Labute approximate surface area is 175 Å². The minimum atomic E-state index is -0.567. The Balaban J connectivity index is 2.02. The van der Waals surface area contributed by atoms with Crippen molar-refractivity contribution < 1.29 is 24.2 Å². The summed E-state index contributed by atoms with van der Waals surface area (Å²) >= 11 is 1.70. The van der Waals surface area contributed by atoms with Crippen LogP contribution in [0.3, 0.4) is 0 Å². The van der Waals surface area contributed by atoms with Gasteiger partial charge in [0.1, 0.15) is 6.61 Å². The molecule has 0 bridgehead atoms. The maximum Gasteiger partial charge on any atom is 0.336 e. The molecule has 0 saturated heterocycles. The molecule has 1 aliphatic carbocycles. The van der Waals surface area contributed by atoms with Crippen molar-refractivity contribution in [1.82, 2.24) is 5.32 Å². The lowest BCUT2D eigenvalue weighted by Gasteiger charge is -2.34. The monoisotopic (exact) mass is 417 g/mol. The second-order valence-corrected chi connectivity index (χ2v) is 8.42.